The van der Waals surface area contributed by atoms with Gasteiger partial charge >= 0.3 is 0 Å². The summed E-state index contributed by atoms with van der Waals surface area (Å²) in [6.45, 7) is 0.803. The Balaban J connectivity index is 2.11. The number of pyridine rings is 1. The summed E-state index contributed by atoms with van der Waals surface area (Å²) in [5.41, 5.74) is 2.24. The molecule has 1 aromatic heterocycles. The maximum Gasteiger partial charge on any atom is 0.131 e. The Labute approximate surface area is 111 Å². The lowest BCUT2D eigenvalue weighted by Crippen LogP contribution is -2.16. The van der Waals surface area contributed by atoms with Crippen LogP contribution in [-0.2, 0) is 6.54 Å². The van der Waals surface area contributed by atoms with Gasteiger partial charge in [0, 0.05) is 30.5 Å². The van der Waals surface area contributed by atoms with E-state index in [1.54, 1.807) is 6.20 Å². The summed E-state index contributed by atoms with van der Waals surface area (Å²) in [4.78, 5) is 6.07. The minimum absolute atomic E-state index is 0.505. The predicted octanol–water partition coefficient (Wildman–Crippen LogP) is 4.02. The van der Waals surface area contributed by atoms with Gasteiger partial charge in [0.15, 0.2) is 0 Å². The zero-order valence-electron chi connectivity index (χ0n) is 9.40. The van der Waals surface area contributed by atoms with E-state index in [0.29, 0.717) is 5.15 Å². The lowest BCUT2D eigenvalue weighted by molar-refractivity contribution is 0.921. The van der Waals surface area contributed by atoms with Crippen LogP contribution in [0.3, 0.4) is 0 Å². The van der Waals surface area contributed by atoms with Gasteiger partial charge in [-0.15, -0.1) is 0 Å². The van der Waals surface area contributed by atoms with Crippen molar-refractivity contribution >= 4 is 28.9 Å². The number of aromatic nitrogens is 1. The largest absolute Gasteiger partial charge is 0.370 e. The molecule has 0 radical (unpaired) electrons. The number of anilines is 1. The molecule has 17 heavy (non-hydrogen) atoms. The first kappa shape index (κ1) is 12.2. The summed E-state index contributed by atoms with van der Waals surface area (Å²) in [5.74, 6) is 0. The summed E-state index contributed by atoms with van der Waals surface area (Å²) < 4.78 is 0. The zero-order chi connectivity index (χ0) is 12.3. The predicted molar refractivity (Wildman–Crippen MR) is 72.8 cm³/mol. The van der Waals surface area contributed by atoms with Crippen LogP contribution in [0.15, 0.2) is 42.6 Å². The molecule has 0 spiro atoms. The van der Waals surface area contributed by atoms with Crippen molar-refractivity contribution < 1.29 is 0 Å². The van der Waals surface area contributed by atoms with Crippen LogP contribution in [0.5, 0.6) is 0 Å². The molecular weight excluding hydrogens is 255 g/mol. The highest BCUT2D eigenvalue weighted by Crippen LogP contribution is 2.18. The molecular formula is C13H12Cl2N2. The highest BCUT2D eigenvalue weighted by atomic mass is 35.5. The second kappa shape index (κ2) is 5.39. The molecule has 0 bridgehead atoms. The molecule has 0 N–H and O–H groups in total. The van der Waals surface area contributed by atoms with Crippen LogP contribution in [0.2, 0.25) is 10.2 Å². The smallest absolute Gasteiger partial charge is 0.131 e. The van der Waals surface area contributed by atoms with Crippen LogP contribution in [0.4, 0.5) is 5.69 Å². The summed E-state index contributed by atoms with van der Waals surface area (Å²) in [6, 6.07) is 11.6. The molecule has 0 saturated carbocycles. The van der Waals surface area contributed by atoms with Crippen molar-refractivity contribution in [3.05, 3.63) is 58.3 Å². The summed E-state index contributed by atoms with van der Waals surface area (Å²) in [5, 5.41) is 1.26. The van der Waals surface area contributed by atoms with Gasteiger partial charge in [-0.3, -0.25) is 0 Å². The molecule has 4 heteroatoms. The van der Waals surface area contributed by atoms with Crippen LogP contribution >= 0.6 is 23.2 Å². The standard InChI is InChI=1S/C13H12Cl2N2/c1-17(12-6-7-16-13(15)8-12)9-10-2-4-11(14)5-3-10/h2-8H,9H2,1H3. The van der Waals surface area contributed by atoms with Crippen LogP contribution in [-0.4, -0.2) is 12.0 Å². The molecule has 0 fully saturated rings. The Morgan fingerprint density at radius 1 is 1.12 bits per heavy atom. The molecule has 0 atom stereocenters. The van der Waals surface area contributed by atoms with Crippen molar-refractivity contribution in [3.8, 4) is 0 Å². The van der Waals surface area contributed by atoms with Gasteiger partial charge < -0.3 is 4.90 Å². The molecule has 88 valence electrons. The summed E-state index contributed by atoms with van der Waals surface area (Å²) in [6.07, 6.45) is 1.70. The summed E-state index contributed by atoms with van der Waals surface area (Å²) in [7, 11) is 2.01. The number of hydrogen-bond acceptors (Lipinski definition) is 2. The Hall–Kier alpha value is -1.25. The first-order chi connectivity index (χ1) is 8.15. The third-order valence-corrected chi connectivity index (χ3v) is 2.94. The van der Waals surface area contributed by atoms with E-state index in [9.17, 15) is 0 Å². The Morgan fingerprint density at radius 3 is 2.47 bits per heavy atom. The molecule has 0 amide bonds. The maximum atomic E-state index is 5.86. The van der Waals surface area contributed by atoms with E-state index in [1.807, 2.05) is 43.4 Å². The van der Waals surface area contributed by atoms with Crippen LogP contribution < -0.4 is 4.90 Å². The van der Waals surface area contributed by atoms with Gasteiger partial charge in [-0.1, -0.05) is 35.3 Å². The fourth-order valence-electron chi connectivity index (χ4n) is 1.58. The van der Waals surface area contributed by atoms with E-state index in [0.717, 1.165) is 17.3 Å². The van der Waals surface area contributed by atoms with Crippen molar-refractivity contribution in [3.63, 3.8) is 0 Å². The molecule has 1 heterocycles. The van der Waals surface area contributed by atoms with E-state index in [4.69, 9.17) is 23.2 Å². The second-order valence-electron chi connectivity index (χ2n) is 3.82. The van der Waals surface area contributed by atoms with Gasteiger partial charge in [0.25, 0.3) is 0 Å². The van der Waals surface area contributed by atoms with Crippen molar-refractivity contribution in [1.29, 1.82) is 0 Å². The molecule has 0 aliphatic heterocycles. The normalized spacial score (nSPS) is 10.3. The van der Waals surface area contributed by atoms with Crippen molar-refractivity contribution in [1.82, 2.24) is 4.98 Å². The molecule has 0 aliphatic rings. The molecule has 0 saturated heterocycles. The monoisotopic (exact) mass is 266 g/mol. The molecule has 0 aliphatic carbocycles. The van der Waals surface area contributed by atoms with Crippen LogP contribution in [0.1, 0.15) is 5.56 Å². The van der Waals surface area contributed by atoms with Gasteiger partial charge in [-0.25, -0.2) is 4.98 Å². The lowest BCUT2D eigenvalue weighted by Gasteiger charge is -2.19. The number of hydrogen-bond donors (Lipinski definition) is 0. The van der Waals surface area contributed by atoms with Gasteiger partial charge in [0.1, 0.15) is 5.15 Å². The number of rotatable bonds is 3. The van der Waals surface area contributed by atoms with Gasteiger partial charge in [-0.05, 0) is 29.8 Å². The van der Waals surface area contributed by atoms with Crippen molar-refractivity contribution in [2.24, 2.45) is 0 Å². The minimum Gasteiger partial charge on any atom is -0.370 e. The first-order valence-electron chi connectivity index (χ1n) is 5.22. The third kappa shape index (κ3) is 3.35. The fraction of sp³-hybridized carbons (Fsp3) is 0.154. The van der Waals surface area contributed by atoms with Gasteiger partial charge in [0.2, 0.25) is 0 Å². The summed E-state index contributed by atoms with van der Waals surface area (Å²) >= 11 is 11.7. The topological polar surface area (TPSA) is 16.1 Å². The van der Waals surface area contributed by atoms with E-state index < -0.39 is 0 Å². The Bertz CT molecular complexity index is 497. The molecule has 2 aromatic rings. The molecule has 0 unspecified atom stereocenters. The van der Waals surface area contributed by atoms with E-state index >= 15 is 0 Å². The average Bonchev–Trinajstić information content (AvgIpc) is 2.32. The minimum atomic E-state index is 0.505. The Kier molecular flexibility index (Phi) is 3.87. The zero-order valence-corrected chi connectivity index (χ0v) is 10.9. The van der Waals surface area contributed by atoms with E-state index in [1.165, 1.54) is 5.56 Å². The SMILES string of the molecule is CN(Cc1ccc(Cl)cc1)c1ccnc(Cl)c1. The highest BCUT2D eigenvalue weighted by molar-refractivity contribution is 6.30. The second-order valence-corrected chi connectivity index (χ2v) is 4.64. The Morgan fingerprint density at radius 2 is 1.82 bits per heavy atom. The molecule has 2 nitrogen and oxygen atoms in total. The van der Waals surface area contributed by atoms with Gasteiger partial charge in [0.05, 0.1) is 0 Å². The highest BCUT2D eigenvalue weighted by Gasteiger charge is 2.03. The number of benzene rings is 1. The quantitative estimate of drug-likeness (QED) is 0.780. The molecule has 2 rings (SSSR count). The van der Waals surface area contributed by atoms with E-state index in [-0.39, 0.29) is 0 Å². The number of nitrogens with zero attached hydrogens (tertiary/aromatic N) is 2. The van der Waals surface area contributed by atoms with Crippen molar-refractivity contribution in [2.75, 3.05) is 11.9 Å². The van der Waals surface area contributed by atoms with Crippen molar-refractivity contribution in [2.45, 2.75) is 6.54 Å². The molecule has 1 aromatic carbocycles. The van der Waals surface area contributed by atoms with Crippen LogP contribution in [0.25, 0.3) is 0 Å². The average molecular weight is 267 g/mol. The lowest BCUT2D eigenvalue weighted by atomic mass is 10.2. The van der Waals surface area contributed by atoms with E-state index in [2.05, 4.69) is 9.88 Å². The fourth-order valence-corrected chi connectivity index (χ4v) is 1.88. The third-order valence-electron chi connectivity index (χ3n) is 2.48. The van der Waals surface area contributed by atoms with Gasteiger partial charge in [-0.2, -0.15) is 0 Å². The number of halogens is 2. The van der Waals surface area contributed by atoms with Crippen LogP contribution in [0, 0.1) is 0 Å². The first-order valence-corrected chi connectivity index (χ1v) is 5.98. The maximum absolute atomic E-state index is 5.86.